The minimum absolute atomic E-state index is 0.317. The van der Waals surface area contributed by atoms with Gasteiger partial charge in [0.2, 0.25) is 0 Å². The zero-order valence-electron chi connectivity index (χ0n) is 12.7. The van der Waals surface area contributed by atoms with Crippen LogP contribution in [0.25, 0.3) is 0 Å². The standard InChI is InChI=1S/C16H23BrN4/c1-20(2)8-9-21-16(15(17)12-19-21)10-14(11-18)13-6-4-3-5-7-13/h3-7,12,14H,8-11,18H2,1-2H3. The molecule has 0 bridgehead atoms. The highest BCUT2D eigenvalue weighted by Crippen LogP contribution is 2.25. The number of rotatable bonds is 7. The molecule has 1 aromatic carbocycles. The molecule has 0 radical (unpaired) electrons. The predicted octanol–water partition coefficient (Wildman–Crippen LogP) is 2.49. The van der Waals surface area contributed by atoms with Crippen molar-refractivity contribution >= 4 is 15.9 Å². The minimum atomic E-state index is 0.317. The first-order chi connectivity index (χ1) is 10.1. The fraction of sp³-hybridized carbons (Fsp3) is 0.438. The maximum Gasteiger partial charge on any atom is 0.0635 e. The zero-order valence-corrected chi connectivity index (χ0v) is 14.3. The third kappa shape index (κ3) is 4.40. The second kappa shape index (κ2) is 7.73. The molecule has 2 N–H and O–H groups in total. The van der Waals surface area contributed by atoms with E-state index in [0.717, 1.165) is 24.0 Å². The summed E-state index contributed by atoms with van der Waals surface area (Å²) in [6, 6.07) is 10.5. The van der Waals surface area contributed by atoms with Crippen LogP contribution in [0.5, 0.6) is 0 Å². The highest BCUT2D eigenvalue weighted by atomic mass is 79.9. The SMILES string of the molecule is CN(C)CCn1ncc(Br)c1CC(CN)c1ccccc1. The lowest BCUT2D eigenvalue weighted by Gasteiger charge is -2.18. The van der Waals surface area contributed by atoms with Crippen LogP contribution in [0.3, 0.4) is 0 Å². The summed E-state index contributed by atoms with van der Waals surface area (Å²) in [7, 11) is 4.15. The van der Waals surface area contributed by atoms with Gasteiger partial charge in [0.25, 0.3) is 0 Å². The molecule has 5 heteroatoms. The van der Waals surface area contributed by atoms with Gasteiger partial charge in [0.15, 0.2) is 0 Å². The molecule has 1 unspecified atom stereocenters. The third-order valence-electron chi connectivity index (χ3n) is 3.65. The Balaban J connectivity index is 2.15. The third-order valence-corrected chi connectivity index (χ3v) is 4.31. The van der Waals surface area contributed by atoms with Gasteiger partial charge >= 0.3 is 0 Å². The Morgan fingerprint density at radius 2 is 2.00 bits per heavy atom. The number of halogens is 1. The number of nitrogens with zero attached hydrogens (tertiary/aromatic N) is 3. The van der Waals surface area contributed by atoms with Gasteiger partial charge in [0.05, 0.1) is 22.9 Å². The van der Waals surface area contributed by atoms with Crippen LogP contribution in [0.4, 0.5) is 0 Å². The van der Waals surface area contributed by atoms with Gasteiger partial charge in [-0.2, -0.15) is 5.10 Å². The molecule has 4 nitrogen and oxygen atoms in total. The van der Waals surface area contributed by atoms with Crippen molar-refractivity contribution in [1.29, 1.82) is 0 Å². The molecule has 1 atom stereocenters. The van der Waals surface area contributed by atoms with Gasteiger partial charge in [-0.25, -0.2) is 0 Å². The largest absolute Gasteiger partial charge is 0.330 e. The Morgan fingerprint density at radius 3 is 2.62 bits per heavy atom. The molecular formula is C16H23BrN4. The van der Waals surface area contributed by atoms with Crippen molar-refractivity contribution in [2.75, 3.05) is 27.2 Å². The molecule has 0 spiro atoms. The van der Waals surface area contributed by atoms with Crippen LogP contribution in [-0.2, 0) is 13.0 Å². The van der Waals surface area contributed by atoms with Gasteiger partial charge in [-0.1, -0.05) is 30.3 Å². The van der Waals surface area contributed by atoms with Crippen LogP contribution in [0.1, 0.15) is 17.2 Å². The van der Waals surface area contributed by atoms with E-state index in [1.165, 1.54) is 11.3 Å². The normalized spacial score (nSPS) is 12.8. The quantitative estimate of drug-likeness (QED) is 0.834. The summed E-state index contributed by atoms with van der Waals surface area (Å²) in [5, 5.41) is 4.47. The van der Waals surface area contributed by atoms with E-state index in [-0.39, 0.29) is 0 Å². The van der Waals surface area contributed by atoms with Crippen LogP contribution in [-0.4, -0.2) is 41.9 Å². The number of likely N-dealkylation sites (N-methyl/N-ethyl adjacent to an activating group) is 1. The lowest BCUT2D eigenvalue weighted by Crippen LogP contribution is -2.22. The van der Waals surface area contributed by atoms with Crippen LogP contribution < -0.4 is 5.73 Å². The molecule has 0 saturated heterocycles. The summed E-state index contributed by atoms with van der Waals surface area (Å²) in [5.74, 6) is 0.317. The van der Waals surface area contributed by atoms with Gasteiger partial charge in [0, 0.05) is 12.5 Å². The highest BCUT2D eigenvalue weighted by molar-refractivity contribution is 9.10. The molecule has 2 aromatic rings. The van der Waals surface area contributed by atoms with Gasteiger partial charge < -0.3 is 10.6 Å². The summed E-state index contributed by atoms with van der Waals surface area (Å²) in [6.45, 7) is 2.50. The zero-order chi connectivity index (χ0) is 15.2. The Kier molecular flexibility index (Phi) is 5.96. The van der Waals surface area contributed by atoms with Crippen molar-refractivity contribution < 1.29 is 0 Å². The molecule has 0 aliphatic carbocycles. The molecule has 1 aromatic heterocycles. The molecular weight excluding hydrogens is 328 g/mol. The highest BCUT2D eigenvalue weighted by Gasteiger charge is 2.16. The Hall–Kier alpha value is -1.17. The maximum atomic E-state index is 5.99. The lowest BCUT2D eigenvalue weighted by atomic mass is 9.94. The summed E-state index contributed by atoms with van der Waals surface area (Å²) in [6.07, 6.45) is 2.78. The topological polar surface area (TPSA) is 47.1 Å². The first-order valence-electron chi connectivity index (χ1n) is 7.21. The van der Waals surface area contributed by atoms with Gasteiger partial charge in [-0.15, -0.1) is 0 Å². The molecule has 0 amide bonds. The smallest absolute Gasteiger partial charge is 0.0635 e. The number of hydrogen-bond donors (Lipinski definition) is 1. The van der Waals surface area contributed by atoms with Crippen LogP contribution in [0.15, 0.2) is 41.0 Å². The predicted molar refractivity (Wildman–Crippen MR) is 90.4 cm³/mol. The van der Waals surface area contributed by atoms with Crippen LogP contribution in [0, 0.1) is 0 Å². The van der Waals surface area contributed by atoms with Crippen molar-refractivity contribution in [2.24, 2.45) is 5.73 Å². The fourth-order valence-electron chi connectivity index (χ4n) is 2.37. The van der Waals surface area contributed by atoms with Crippen LogP contribution in [0.2, 0.25) is 0 Å². The molecule has 114 valence electrons. The van der Waals surface area contributed by atoms with E-state index in [0.29, 0.717) is 12.5 Å². The Morgan fingerprint density at radius 1 is 1.29 bits per heavy atom. The minimum Gasteiger partial charge on any atom is -0.330 e. The van der Waals surface area contributed by atoms with E-state index in [2.05, 4.69) is 69.0 Å². The molecule has 0 fully saturated rings. The van der Waals surface area contributed by atoms with Gasteiger partial charge in [0.1, 0.15) is 0 Å². The maximum absolute atomic E-state index is 5.99. The lowest BCUT2D eigenvalue weighted by molar-refractivity contribution is 0.368. The number of benzene rings is 1. The van der Waals surface area contributed by atoms with Crippen molar-refractivity contribution in [1.82, 2.24) is 14.7 Å². The molecule has 2 rings (SSSR count). The van der Waals surface area contributed by atoms with E-state index in [1.54, 1.807) is 0 Å². The summed E-state index contributed by atoms with van der Waals surface area (Å²) in [4.78, 5) is 2.16. The number of aromatic nitrogens is 2. The number of hydrogen-bond acceptors (Lipinski definition) is 3. The Labute approximate surface area is 135 Å². The van der Waals surface area contributed by atoms with Crippen molar-refractivity contribution in [3.63, 3.8) is 0 Å². The van der Waals surface area contributed by atoms with Crippen molar-refractivity contribution in [3.05, 3.63) is 52.3 Å². The fourth-order valence-corrected chi connectivity index (χ4v) is 2.83. The molecule has 21 heavy (non-hydrogen) atoms. The average Bonchev–Trinajstić information content (AvgIpc) is 2.84. The molecule has 0 aliphatic rings. The van der Waals surface area contributed by atoms with E-state index < -0.39 is 0 Å². The summed E-state index contributed by atoms with van der Waals surface area (Å²) < 4.78 is 3.14. The van der Waals surface area contributed by atoms with Gasteiger partial charge in [-0.3, -0.25) is 4.68 Å². The first-order valence-corrected chi connectivity index (χ1v) is 8.01. The second-order valence-corrected chi connectivity index (χ2v) is 6.37. The second-order valence-electron chi connectivity index (χ2n) is 5.51. The molecule has 0 saturated carbocycles. The first kappa shape index (κ1) is 16.2. The summed E-state index contributed by atoms with van der Waals surface area (Å²) >= 11 is 3.62. The van der Waals surface area contributed by atoms with Crippen LogP contribution >= 0.6 is 15.9 Å². The monoisotopic (exact) mass is 350 g/mol. The summed E-state index contributed by atoms with van der Waals surface area (Å²) in [5.41, 5.74) is 8.49. The van der Waals surface area contributed by atoms with E-state index in [9.17, 15) is 0 Å². The van der Waals surface area contributed by atoms with Crippen molar-refractivity contribution in [2.45, 2.75) is 18.9 Å². The number of nitrogens with two attached hydrogens (primary N) is 1. The van der Waals surface area contributed by atoms with E-state index >= 15 is 0 Å². The molecule has 0 aliphatic heterocycles. The van der Waals surface area contributed by atoms with E-state index in [4.69, 9.17) is 5.73 Å². The average molecular weight is 351 g/mol. The van der Waals surface area contributed by atoms with Crippen molar-refractivity contribution in [3.8, 4) is 0 Å². The molecule has 1 heterocycles. The Bertz CT molecular complexity index is 551. The van der Waals surface area contributed by atoms with Gasteiger partial charge in [-0.05, 0) is 48.6 Å². The van der Waals surface area contributed by atoms with E-state index in [1.807, 2.05) is 12.3 Å².